The fourth-order valence-corrected chi connectivity index (χ4v) is 1.52. The maximum Gasteiger partial charge on any atom is 0.345 e. The Hall–Kier alpha value is -2.44. The topological polar surface area (TPSA) is 82.9 Å². The van der Waals surface area contributed by atoms with Crippen LogP contribution in [0.25, 0.3) is 0 Å². The van der Waals surface area contributed by atoms with E-state index >= 15 is 0 Å². The molecule has 0 fully saturated rings. The van der Waals surface area contributed by atoms with Crippen molar-refractivity contribution in [3.8, 4) is 0 Å². The van der Waals surface area contributed by atoms with E-state index in [9.17, 15) is 14.0 Å². The van der Waals surface area contributed by atoms with Crippen molar-refractivity contribution in [3.05, 3.63) is 52.0 Å². The Bertz CT molecular complexity index is 659. The average molecular weight is 250 g/mol. The predicted molar refractivity (Wildman–Crippen MR) is 61.5 cm³/mol. The average Bonchev–Trinajstić information content (AvgIpc) is 2.63. The van der Waals surface area contributed by atoms with E-state index in [1.54, 1.807) is 7.05 Å². The van der Waals surface area contributed by atoms with E-state index in [4.69, 9.17) is 5.73 Å². The monoisotopic (exact) mass is 250 g/mol. The second-order valence-corrected chi connectivity index (χ2v) is 3.85. The van der Waals surface area contributed by atoms with Gasteiger partial charge in [0, 0.05) is 18.2 Å². The van der Waals surface area contributed by atoms with E-state index in [0.717, 1.165) is 10.7 Å². The number of aryl methyl sites for hydroxylation is 1. The maximum absolute atomic E-state index is 13.7. The smallest absolute Gasteiger partial charge is 0.345 e. The zero-order valence-corrected chi connectivity index (χ0v) is 9.63. The summed E-state index contributed by atoms with van der Waals surface area (Å²) in [4.78, 5) is 22.4. The number of hydrogen-bond acceptors (Lipinski definition) is 3. The first-order valence-corrected chi connectivity index (χ1v) is 5.15. The van der Waals surface area contributed by atoms with Gasteiger partial charge in [0.2, 0.25) is 5.91 Å². The van der Waals surface area contributed by atoms with Gasteiger partial charge in [0.15, 0.2) is 0 Å². The van der Waals surface area contributed by atoms with Gasteiger partial charge in [-0.2, -0.15) is 5.10 Å². The minimum Gasteiger partial charge on any atom is -0.366 e. The van der Waals surface area contributed by atoms with Crippen LogP contribution in [0.3, 0.4) is 0 Å². The third kappa shape index (κ3) is 2.15. The van der Waals surface area contributed by atoms with Crippen LogP contribution in [0.5, 0.6) is 0 Å². The zero-order chi connectivity index (χ0) is 13.3. The quantitative estimate of drug-likeness (QED) is 0.823. The van der Waals surface area contributed by atoms with Crippen LogP contribution in [0.4, 0.5) is 4.39 Å². The normalized spacial score (nSPS) is 10.6. The molecule has 0 aliphatic carbocycles. The minimum atomic E-state index is -0.699. The third-order valence-corrected chi connectivity index (χ3v) is 2.54. The van der Waals surface area contributed by atoms with Gasteiger partial charge in [0.1, 0.15) is 12.1 Å². The van der Waals surface area contributed by atoms with Gasteiger partial charge in [0.05, 0.1) is 6.54 Å². The molecule has 18 heavy (non-hydrogen) atoms. The van der Waals surface area contributed by atoms with Crippen molar-refractivity contribution in [1.29, 1.82) is 0 Å². The molecule has 0 saturated carbocycles. The fraction of sp³-hybridized carbons (Fsp3) is 0.182. The first-order chi connectivity index (χ1) is 8.49. The van der Waals surface area contributed by atoms with E-state index in [1.165, 1.54) is 23.0 Å². The highest BCUT2D eigenvalue weighted by molar-refractivity contribution is 5.92. The molecule has 0 aliphatic rings. The molecule has 1 aromatic carbocycles. The molecule has 0 saturated heterocycles. The number of hydrogen-bond donors (Lipinski definition) is 1. The van der Waals surface area contributed by atoms with Crippen LogP contribution in [0.2, 0.25) is 0 Å². The number of nitrogens with zero attached hydrogens (tertiary/aromatic N) is 3. The maximum atomic E-state index is 13.7. The molecule has 7 heteroatoms. The summed E-state index contributed by atoms with van der Waals surface area (Å²) in [5, 5.41) is 3.82. The van der Waals surface area contributed by atoms with Gasteiger partial charge in [-0.1, -0.05) is 6.07 Å². The van der Waals surface area contributed by atoms with Gasteiger partial charge in [-0.3, -0.25) is 9.36 Å². The molecule has 0 spiro atoms. The zero-order valence-electron chi connectivity index (χ0n) is 9.63. The molecule has 0 aliphatic heterocycles. The summed E-state index contributed by atoms with van der Waals surface area (Å²) in [6, 6.07) is 3.87. The molecule has 2 N–H and O–H groups in total. The van der Waals surface area contributed by atoms with Gasteiger partial charge in [0.25, 0.3) is 0 Å². The lowest BCUT2D eigenvalue weighted by atomic mass is 10.1. The number of rotatable bonds is 3. The van der Waals surface area contributed by atoms with Crippen molar-refractivity contribution in [2.45, 2.75) is 6.54 Å². The summed E-state index contributed by atoms with van der Waals surface area (Å²) < 4.78 is 16.1. The molecule has 6 nitrogen and oxygen atoms in total. The highest BCUT2D eigenvalue weighted by Gasteiger charge is 2.09. The van der Waals surface area contributed by atoms with Gasteiger partial charge >= 0.3 is 5.69 Å². The Morgan fingerprint density at radius 3 is 2.72 bits per heavy atom. The minimum absolute atomic E-state index is 0.00451. The molecule has 1 amide bonds. The van der Waals surface area contributed by atoms with Gasteiger partial charge in [-0.05, 0) is 12.1 Å². The molecular weight excluding hydrogens is 239 g/mol. The predicted octanol–water partition coefficient (Wildman–Crippen LogP) is -0.132. The standard InChI is InChI=1S/C11H11FN4O2/c1-15-6-14-16(11(15)18)5-8-3-2-7(10(13)17)4-9(8)12/h2-4,6H,5H2,1H3,(H2,13,17). The fourth-order valence-electron chi connectivity index (χ4n) is 1.52. The van der Waals surface area contributed by atoms with Crippen molar-refractivity contribution in [2.75, 3.05) is 0 Å². The molecule has 0 atom stereocenters. The largest absolute Gasteiger partial charge is 0.366 e. The van der Waals surface area contributed by atoms with Crippen LogP contribution in [-0.2, 0) is 13.6 Å². The molecule has 1 aromatic heterocycles. The van der Waals surface area contributed by atoms with Gasteiger partial charge in [-0.15, -0.1) is 0 Å². The number of carbonyl (C=O) groups excluding carboxylic acids is 1. The third-order valence-electron chi connectivity index (χ3n) is 2.54. The SMILES string of the molecule is Cn1cnn(Cc2ccc(C(N)=O)cc2F)c1=O. The molecule has 1 heterocycles. The molecule has 2 rings (SSSR count). The lowest BCUT2D eigenvalue weighted by Crippen LogP contribution is -2.24. The van der Waals surface area contributed by atoms with Gasteiger partial charge in [-0.25, -0.2) is 13.9 Å². The van der Waals surface area contributed by atoms with Crippen LogP contribution in [0, 0.1) is 5.82 Å². The number of aromatic nitrogens is 3. The molecule has 0 unspecified atom stereocenters. The summed E-state index contributed by atoms with van der Waals surface area (Å²) in [5.74, 6) is -1.29. The van der Waals surface area contributed by atoms with Crippen LogP contribution < -0.4 is 11.4 Å². The highest BCUT2D eigenvalue weighted by atomic mass is 19.1. The molecular formula is C11H11FN4O2. The van der Waals surface area contributed by atoms with Crippen molar-refractivity contribution in [1.82, 2.24) is 14.3 Å². The van der Waals surface area contributed by atoms with Crippen LogP contribution in [0.1, 0.15) is 15.9 Å². The summed E-state index contributed by atoms with van der Waals surface area (Å²) in [6.07, 6.45) is 1.35. The van der Waals surface area contributed by atoms with Crippen LogP contribution in [-0.4, -0.2) is 20.3 Å². The Morgan fingerprint density at radius 2 is 2.22 bits per heavy atom. The van der Waals surface area contributed by atoms with Crippen LogP contribution in [0.15, 0.2) is 29.3 Å². The number of benzene rings is 1. The summed E-state index contributed by atoms with van der Waals surface area (Å²) in [5.41, 5.74) is 5.05. The Morgan fingerprint density at radius 1 is 1.50 bits per heavy atom. The summed E-state index contributed by atoms with van der Waals surface area (Å²) in [6.45, 7) is 0.00451. The lowest BCUT2D eigenvalue weighted by molar-refractivity contribution is 0.1000. The lowest BCUT2D eigenvalue weighted by Gasteiger charge is -2.04. The summed E-state index contributed by atoms with van der Waals surface area (Å²) in [7, 11) is 1.55. The highest BCUT2D eigenvalue weighted by Crippen LogP contribution is 2.10. The number of halogens is 1. The molecule has 2 aromatic rings. The Balaban J connectivity index is 2.33. The van der Waals surface area contributed by atoms with Crippen molar-refractivity contribution in [3.63, 3.8) is 0 Å². The number of amides is 1. The van der Waals surface area contributed by atoms with E-state index in [0.29, 0.717) is 0 Å². The van der Waals surface area contributed by atoms with Crippen LogP contribution >= 0.6 is 0 Å². The van der Waals surface area contributed by atoms with Crippen molar-refractivity contribution in [2.24, 2.45) is 12.8 Å². The van der Waals surface area contributed by atoms with Gasteiger partial charge < -0.3 is 5.73 Å². The first-order valence-electron chi connectivity index (χ1n) is 5.15. The second kappa shape index (κ2) is 4.44. The second-order valence-electron chi connectivity index (χ2n) is 3.85. The molecule has 0 radical (unpaired) electrons. The number of carbonyl (C=O) groups is 1. The Labute approximate surface area is 101 Å². The van der Waals surface area contributed by atoms with Crippen molar-refractivity contribution < 1.29 is 9.18 Å². The molecule has 0 bridgehead atoms. The number of primary amides is 1. The first kappa shape index (κ1) is 12.0. The van der Waals surface area contributed by atoms with Crippen molar-refractivity contribution >= 4 is 5.91 Å². The van der Waals surface area contributed by atoms with E-state index in [1.807, 2.05) is 0 Å². The molecule has 94 valence electrons. The van der Waals surface area contributed by atoms with E-state index < -0.39 is 11.7 Å². The Kier molecular flexibility index (Phi) is 2.97. The summed E-state index contributed by atoms with van der Waals surface area (Å²) >= 11 is 0. The van der Waals surface area contributed by atoms with E-state index in [2.05, 4.69) is 5.10 Å². The van der Waals surface area contributed by atoms with E-state index in [-0.39, 0.29) is 23.4 Å². The number of nitrogens with two attached hydrogens (primary N) is 1.